The molecule has 26 heavy (non-hydrogen) atoms. The number of carbonyl (C=O) groups excluding carboxylic acids is 1. The minimum absolute atomic E-state index is 0.0325. The molecule has 128 valence electrons. The molecule has 0 heterocycles. The maximum atomic E-state index is 12.3. The molecule has 3 heteroatoms. The van der Waals surface area contributed by atoms with Crippen LogP contribution in [-0.4, -0.2) is 12.0 Å². The lowest BCUT2D eigenvalue weighted by Gasteiger charge is -2.01. The number of para-hydroxylation sites is 1. The molecule has 2 nitrogen and oxygen atoms in total. The summed E-state index contributed by atoms with van der Waals surface area (Å²) in [4.78, 5) is 16.8. The standard InChI is InChI=1S/C23H18ClNO/c1-17-10-12-19(13-11-17)23(26)15-14-18-6-3-5-9-22(18)25-16-20-7-2-4-8-21(20)24/h2-16H,1H3/b15-14+,25-16?. The van der Waals surface area contributed by atoms with Crippen molar-refractivity contribution in [2.45, 2.75) is 6.92 Å². The first kappa shape index (κ1) is 17.8. The highest BCUT2D eigenvalue weighted by Gasteiger charge is 2.02. The van der Waals surface area contributed by atoms with E-state index >= 15 is 0 Å². The molecule has 0 aliphatic heterocycles. The Labute approximate surface area is 158 Å². The second kappa shape index (κ2) is 8.41. The molecule has 3 aromatic carbocycles. The number of hydrogen-bond donors (Lipinski definition) is 0. The van der Waals surface area contributed by atoms with Crippen LogP contribution in [0.15, 0.2) is 83.9 Å². The summed E-state index contributed by atoms with van der Waals surface area (Å²) in [5.41, 5.74) is 4.30. The predicted octanol–water partition coefficient (Wildman–Crippen LogP) is 6.30. The lowest BCUT2D eigenvalue weighted by Crippen LogP contribution is -1.93. The number of nitrogens with zero attached hydrogens (tertiary/aromatic N) is 1. The summed E-state index contributed by atoms with van der Waals surface area (Å²) >= 11 is 6.16. The molecular weight excluding hydrogens is 342 g/mol. The number of ketones is 1. The number of hydrogen-bond acceptors (Lipinski definition) is 2. The van der Waals surface area contributed by atoms with Gasteiger partial charge in [0.25, 0.3) is 0 Å². The van der Waals surface area contributed by atoms with Gasteiger partial charge in [-0.05, 0) is 31.2 Å². The average molecular weight is 360 g/mol. The van der Waals surface area contributed by atoms with E-state index in [4.69, 9.17) is 11.6 Å². The zero-order valence-corrected chi connectivity index (χ0v) is 15.1. The van der Waals surface area contributed by atoms with Crippen LogP contribution < -0.4 is 0 Å². The Morgan fingerprint density at radius 1 is 0.885 bits per heavy atom. The van der Waals surface area contributed by atoms with Gasteiger partial charge in [0.05, 0.1) is 5.69 Å². The van der Waals surface area contributed by atoms with Crippen molar-refractivity contribution in [3.05, 3.63) is 106 Å². The van der Waals surface area contributed by atoms with E-state index in [1.165, 1.54) is 0 Å². The first-order valence-electron chi connectivity index (χ1n) is 8.30. The van der Waals surface area contributed by atoms with Crippen molar-refractivity contribution in [3.63, 3.8) is 0 Å². The van der Waals surface area contributed by atoms with Gasteiger partial charge < -0.3 is 0 Å². The zero-order chi connectivity index (χ0) is 18.4. The summed E-state index contributed by atoms with van der Waals surface area (Å²) in [5.74, 6) is -0.0325. The Balaban J connectivity index is 1.82. The molecule has 0 saturated heterocycles. The molecule has 3 rings (SSSR count). The smallest absolute Gasteiger partial charge is 0.185 e. The van der Waals surface area contributed by atoms with Crippen LogP contribution in [0.1, 0.15) is 27.0 Å². The summed E-state index contributed by atoms with van der Waals surface area (Å²) < 4.78 is 0. The molecule has 0 N–H and O–H groups in total. The molecule has 0 fully saturated rings. The summed E-state index contributed by atoms with van der Waals surface area (Å²) in [6.45, 7) is 2.00. The van der Waals surface area contributed by atoms with Gasteiger partial charge in [-0.15, -0.1) is 0 Å². The van der Waals surface area contributed by atoms with Crippen molar-refractivity contribution in [2.75, 3.05) is 0 Å². The second-order valence-electron chi connectivity index (χ2n) is 5.90. The van der Waals surface area contributed by atoms with Gasteiger partial charge in [-0.2, -0.15) is 0 Å². The Morgan fingerprint density at radius 3 is 2.27 bits per heavy atom. The van der Waals surface area contributed by atoms with Gasteiger partial charge in [0.2, 0.25) is 0 Å². The van der Waals surface area contributed by atoms with Crippen LogP contribution in [0.25, 0.3) is 6.08 Å². The molecular formula is C23H18ClNO. The molecule has 0 atom stereocenters. The van der Waals surface area contributed by atoms with Crippen molar-refractivity contribution in [1.29, 1.82) is 0 Å². The van der Waals surface area contributed by atoms with Crippen LogP contribution in [0, 0.1) is 6.92 Å². The van der Waals surface area contributed by atoms with E-state index < -0.39 is 0 Å². The monoisotopic (exact) mass is 359 g/mol. The molecule has 0 amide bonds. The summed E-state index contributed by atoms with van der Waals surface area (Å²) in [5, 5.41) is 0.652. The van der Waals surface area contributed by atoms with Crippen LogP contribution in [0.3, 0.4) is 0 Å². The molecule has 0 bridgehead atoms. The number of allylic oxidation sites excluding steroid dienone is 1. The third-order valence-electron chi connectivity index (χ3n) is 3.94. The van der Waals surface area contributed by atoms with Crippen LogP contribution in [0.2, 0.25) is 5.02 Å². The topological polar surface area (TPSA) is 29.4 Å². The van der Waals surface area contributed by atoms with E-state index in [0.29, 0.717) is 10.6 Å². The van der Waals surface area contributed by atoms with E-state index in [9.17, 15) is 4.79 Å². The van der Waals surface area contributed by atoms with Crippen molar-refractivity contribution in [3.8, 4) is 0 Å². The number of carbonyl (C=O) groups is 1. The van der Waals surface area contributed by atoms with Crippen molar-refractivity contribution >= 4 is 35.4 Å². The molecule has 3 aromatic rings. The van der Waals surface area contributed by atoms with Crippen LogP contribution in [0.4, 0.5) is 5.69 Å². The van der Waals surface area contributed by atoms with Gasteiger partial charge >= 0.3 is 0 Å². The van der Waals surface area contributed by atoms with E-state index in [-0.39, 0.29) is 5.78 Å². The number of aryl methyl sites for hydroxylation is 1. The highest BCUT2D eigenvalue weighted by molar-refractivity contribution is 6.33. The number of rotatable bonds is 5. The predicted molar refractivity (Wildman–Crippen MR) is 110 cm³/mol. The third kappa shape index (κ3) is 4.56. The lowest BCUT2D eigenvalue weighted by atomic mass is 10.1. The maximum Gasteiger partial charge on any atom is 0.185 e. The van der Waals surface area contributed by atoms with Crippen molar-refractivity contribution in [2.24, 2.45) is 4.99 Å². The maximum absolute atomic E-state index is 12.3. The SMILES string of the molecule is Cc1ccc(C(=O)/C=C/c2ccccc2N=Cc2ccccc2Cl)cc1. The van der Waals surface area contributed by atoms with Crippen molar-refractivity contribution < 1.29 is 4.79 Å². The Hall–Kier alpha value is -2.97. The van der Waals surface area contributed by atoms with E-state index in [0.717, 1.165) is 22.4 Å². The zero-order valence-electron chi connectivity index (χ0n) is 14.4. The quantitative estimate of drug-likeness (QED) is 0.299. The van der Waals surface area contributed by atoms with Gasteiger partial charge in [0.1, 0.15) is 0 Å². The Bertz CT molecular complexity index is 972. The van der Waals surface area contributed by atoms with Gasteiger partial charge in [-0.3, -0.25) is 9.79 Å². The van der Waals surface area contributed by atoms with E-state index in [2.05, 4.69) is 4.99 Å². The molecule has 0 spiro atoms. The third-order valence-corrected chi connectivity index (χ3v) is 4.28. The first-order chi connectivity index (χ1) is 12.6. The fraction of sp³-hybridized carbons (Fsp3) is 0.0435. The number of benzene rings is 3. The Morgan fingerprint density at radius 2 is 1.54 bits per heavy atom. The molecule has 0 aliphatic carbocycles. The Kier molecular flexibility index (Phi) is 5.77. The summed E-state index contributed by atoms with van der Waals surface area (Å²) in [6, 6.07) is 22.7. The minimum Gasteiger partial charge on any atom is -0.289 e. The van der Waals surface area contributed by atoms with Crippen molar-refractivity contribution in [1.82, 2.24) is 0 Å². The van der Waals surface area contributed by atoms with Gasteiger partial charge in [-0.1, -0.05) is 77.8 Å². The highest BCUT2D eigenvalue weighted by atomic mass is 35.5. The lowest BCUT2D eigenvalue weighted by molar-refractivity contribution is 0.104. The average Bonchev–Trinajstić information content (AvgIpc) is 2.66. The van der Waals surface area contributed by atoms with Gasteiger partial charge in [0.15, 0.2) is 5.78 Å². The molecule has 0 unspecified atom stereocenters. The molecule has 0 aromatic heterocycles. The number of aliphatic imine (C=N–C) groups is 1. The summed E-state index contributed by atoms with van der Waals surface area (Å²) in [6.07, 6.45) is 5.10. The van der Waals surface area contributed by atoms with Gasteiger partial charge in [-0.25, -0.2) is 0 Å². The van der Waals surface area contributed by atoms with Gasteiger partial charge in [0, 0.05) is 27.9 Å². The van der Waals surface area contributed by atoms with Crippen LogP contribution in [0.5, 0.6) is 0 Å². The highest BCUT2D eigenvalue weighted by Crippen LogP contribution is 2.21. The second-order valence-corrected chi connectivity index (χ2v) is 6.31. The van der Waals surface area contributed by atoms with Crippen LogP contribution in [-0.2, 0) is 0 Å². The minimum atomic E-state index is -0.0325. The molecule has 0 saturated carbocycles. The van der Waals surface area contributed by atoms with E-state index in [1.807, 2.05) is 79.7 Å². The summed E-state index contributed by atoms with van der Waals surface area (Å²) in [7, 11) is 0. The molecule has 0 aliphatic rings. The number of halogens is 1. The first-order valence-corrected chi connectivity index (χ1v) is 8.68. The molecule has 0 radical (unpaired) electrons. The fourth-order valence-corrected chi connectivity index (χ4v) is 2.63. The largest absolute Gasteiger partial charge is 0.289 e. The normalized spacial score (nSPS) is 11.3. The fourth-order valence-electron chi connectivity index (χ4n) is 2.44. The van der Waals surface area contributed by atoms with E-state index in [1.54, 1.807) is 18.4 Å². The van der Waals surface area contributed by atoms with Crippen LogP contribution >= 0.6 is 11.6 Å².